The van der Waals surface area contributed by atoms with E-state index in [-0.39, 0.29) is 0 Å². The van der Waals surface area contributed by atoms with Gasteiger partial charge in [-0.3, -0.25) is 0 Å². The van der Waals surface area contributed by atoms with Gasteiger partial charge in [0.1, 0.15) is 0 Å². The average molecular weight is 813 g/mol. The summed E-state index contributed by atoms with van der Waals surface area (Å²) in [7, 11) is 0. The van der Waals surface area contributed by atoms with Gasteiger partial charge in [-0.25, -0.2) is 0 Å². The predicted molar refractivity (Wildman–Crippen MR) is 271 cm³/mol. The second kappa shape index (κ2) is 14.6. The first-order chi connectivity index (χ1) is 31.7. The third-order valence-electron chi connectivity index (χ3n) is 13.3. The number of aromatic nitrogens is 1. The van der Waals surface area contributed by atoms with Crippen molar-refractivity contribution >= 4 is 60.4 Å². The molecule has 0 saturated carbocycles. The Bertz CT molecular complexity index is 3770. The molecule has 0 radical (unpaired) electrons. The Kier molecular flexibility index (Phi) is 8.25. The van der Waals surface area contributed by atoms with Crippen LogP contribution in [-0.4, -0.2) is 4.57 Å². The highest BCUT2D eigenvalue weighted by molar-refractivity contribution is 6.21. The van der Waals surface area contributed by atoms with Gasteiger partial charge in [-0.15, -0.1) is 0 Å². The monoisotopic (exact) mass is 812 g/mol. The summed E-state index contributed by atoms with van der Waals surface area (Å²) >= 11 is 0. The summed E-state index contributed by atoms with van der Waals surface area (Å²) in [6.45, 7) is 0. The highest BCUT2D eigenvalue weighted by Gasteiger charge is 2.25. The molecular formula is C62H40N2. The summed E-state index contributed by atoms with van der Waals surface area (Å²) in [6.07, 6.45) is 0. The highest BCUT2D eigenvalue weighted by atomic mass is 15.1. The third kappa shape index (κ3) is 5.73. The molecule has 2 nitrogen and oxygen atoms in total. The number of nitrogens with zero attached hydrogens (tertiary/aromatic N) is 2. The van der Waals surface area contributed by atoms with Crippen LogP contribution in [0.3, 0.4) is 0 Å². The van der Waals surface area contributed by atoms with Crippen molar-refractivity contribution in [2.45, 2.75) is 0 Å². The highest BCUT2D eigenvalue weighted by Crippen LogP contribution is 2.51. The molecule has 1 aromatic heterocycles. The summed E-state index contributed by atoms with van der Waals surface area (Å²) < 4.78 is 2.42. The molecule has 64 heavy (non-hydrogen) atoms. The summed E-state index contributed by atoms with van der Waals surface area (Å²) in [6, 6.07) is 89.0. The van der Waals surface area contributed by atoms with Gasteiger partial charge in [-0.2, -0.15) is 0 Å². The molecule has 2 heteroatoms. The Hall–Kier alpha value is -8.46. The van der Waals surface area contributed by atoms with Crippen LogP contribution in [0.5, 0.6) is 0 Å². The van der Waals surface area contributed by atoms with E-state index in [0.717, 1.165) is 22.7 Å². The van der Waals surface area contributed by atoms with Gasteiger partial charge in [0.05, 0.1) is 11.0 Å². The van der Waals surface area contributed by atoms with Crippen LogP contribution in [0, 0.1) is 0 Å². The fourth-order valence-corrected chi connectivity index (χ4v) is 10.4. The molecule has 0 unspecified atom stereocenters. The smallest absolute Gasteiger partial charge is 0.0547 e. The van der Waals surface area contributed by atoms with E-state index >= 15 is 0 Å². The van der Waals surface area contributed by atoms with Gasteiger partial charge in [0.15, 0.2) is 0 Å². The largest absolute Gasteiger partial charge is 0.310 e. The Morgan fingerprint density at radius 3 is 1.70 bits per heavy atom. The molecule has 298 valence electrons. The number of benzene rings is 11. The van der Waals surface area contributed by atoms with Crippen molar-refractivity contribution in [3.05, 3.63) is 243 Å². The molecule has 11 aromatic carbocycles. The third-order valence-corrected chi connectivity index (χ3v) is 13.3. The molecule has 1 aliphatic rings. The second-order valence-electron chi connectivity index (χ2n) is 16.9. The number of fused-ring (bicyclic) bond motifs is 8. The average Bonchev–Trinajstić information content (AvgIpc) is 3.88. The number of anilines is 3. The van der Waals surface area contributed by atoms with Crippen molar-refractivity contribution in [3.8, 4) is 61.3 Å². The lowest BCUT2D eigenvalue weighted by Gasteiger charge is -2.28. The van der Waals surface area contributed by atoms with E-state index in [1.165, 1.54) is 99.0 Å². The van der Waals surface area contributed by atoms with Crippen molar-refractivity contribution in [2.75, 3.05) is 4.90 Å². The molecule has 13 rings (SSSR count). The molecule has 0 spiro atoms. The van der Waals surface area contributed by atoms with Crippen molar-refractivity contribution in [3.63, 3.8) is 0 Å². The number of hydrogen-bond acceptors (Lipinski definition) is 1. The number of hydrogen-bond donors (Lipinski definition) is 0. The van der Waals surface area contributed by atoms with E-state index in [9.17, 15) is 0 Å². The summed E-state index contributed by atoms with van der Waals surface area (Å²) in [5.41, 5.74) is 19.1. The first kappa shape index (κ1) is 36.2. The van der Waals surface area contributed by atoms with Crippen LogP contribution in [-0.2, 0) is 0 Å². The molecule has 0 N–H and O–H groups in total. The van der Waals surface area contributed by atoms with Crippen LogP contribution in [0.15, 0.2) is 243 Å². The lowest BCUT2D eigenvalue weighted by Crippen LogP contribution is -2.10. The van der Waals surface area contributed by atoms with Gasteiger partial charge in [0, 0.05) is 33.5 Å². The molecule has 0 bridgehead atoms. The minimum absolute atomic E-state index is 1.09. The van der Waals surface area contributed by atoms with Crippen molar-refractivity contribution in [2.24, 2.45) is 0 Å². The lowest BCUT2D eigenvalue weighted by atomic mass is 9.93. The first-order valence-corrected chi connectivity index (χ1v) is 22.1. The Labute approximate surface area is 372 Å². The van der Waals surface area contributed by atoms with Crippen LogP contribution in [0.25, 0.3) is 105 Å². The number of rotatable bonds is 7. The molecule has 0 atom stereocenters. The normalized spacial score (nSPS) is 11.8. The Morgan fingerprint density at radius 2 is 0.875 bits per heavy atom. The van der Waals surface area contributed by atoms with E-state index in [1.807, 2.05) is 0 Å². The van der Waals surface area contributed by atoms with Crippen LogP contribution in [0.1, 0.15) is 0 Å². The standard InChI is InChI=1S/C62H40N2/c1-3-15-41(16-4-1)45-20-13-22-48(37-45)63(50-38-46-21-14-27-55-53-24-9-10-25-54(53)58(40-50)61(46)55)49-34-35-51(57(39-49)42-17-5-2-6-18-42)44-29-32-47(33-30-44)64-59-28-12-11-26-56(59)62-52-23-8-7-19-43(52)31-36-60(62)64/h1-40H. The predicted octanol–water partition coefficient (Wildman–Crippen LogP) is 17.2. The molecule has 1 heterocycles. The Balaban J connectivity index is 0.985. The van der Waals surface area contributed by atoms with E-state index in [4.69, 9.17) is 0 Å². The molecule has 12 aromatic rings. The zero-order valence-electron chi connectivity index (χ0n) is 35.0. The van der Waals surface area contributed by atoms with Crippen molar-refractivity contribution < 1.29 is 0 Å². The zero-order valence-corrected chi connectivity index (χ0v) is 35.0. The molecule has 0 saturated heterocycles. The molecule has 0 aliphatic heterocycles. The van der Waals surface area contributed by atoms with Crippen molar-refractivity contribution in [1.29, 1.82) is 0 Å². The van der Waals surface area contributed by atoms with Gasteiger partial charge in [-0.1, -0.05) is 182 Å². The minimum atomic E-state index is 1.09. The zero-order chi connectivity index (χ0) is 42.1. The Morgan fingerprint density at radius 1 is 0.266 bits per heavy atom. The first-order valence-electron chi connectivity index (χ1n) is 22.1. The van der Waals surface area contributed by atoms with Gasteiger partial charge in [-0.05, 0) is 138 Å². The maximum atomic E-state index is 2.45. The topological polar surface area (TPSA) is 8.17 Å². The van der Waals surface area contributed by atoms with Gasteiger partial charge in [0.25, 0.3) is 0 Å². The van der Waals surface area contributed by atoms with Crippen LogP contribution < -0.4 is 4.90 Å². The van der Waals surface area contributed by atoms with Gasteiger partial charge < -0.3 is 9.47 Å². The molecule has 0 fully saturated rings. The van der Waals surface area contributed by atoms with Gasteiger partial charge >= 0.3 is 0 Å². The van der Waals surface area contributed by atoms with E-state index in [2.05, 4.69) is 252 Å². The van der Waals surface area contributed by atoms with E-state index in [0.29, 0.717) is 0 Å². The van der Waals surface area contributed by atoms with Crippen molar-refractivity contribution in [1.82, 2.24) is 4.57 Å². The van der Waals surface area contributed by atoms with Gasteiger partial charge in [0.2, 0.25) is 0 Å². The fraction of sp³-hybridized carbons (Fsp3) is 0. The molecular weight excluding hydrogens is 773 g/mol. The quantitative estimate of drug-likeness (QED) is 0.156. The van der Waals surface area contributed by atoms with Crippen LogP contribution in [0.2, 0.25) is 0 Å². The molecule has 0 amide bonds. The summed E-state index contributed by atoms with van der Waals surface area (Å²) in [5, 5.41) is 7.66. The SMILES string of the molecule is c1ccc(-c2cccc(N(c3ccc(-c4ccc(-n5c6ccccc6c6c7ccccc7ccc65)cc4)c(-c4ccccc4)c3)c3cc4c5c(cccc5c3)-c3ccccc3-4)c2)cc1. The minimum Gasteiger partial charge on any atom is -0.310 e. The second-order valence-corrected chi connectivity index (χ2v) is 16.9. The fourth-order valence-electron chi connectivity index (χ4n) is 10.4. The summed E-state index contributed by atoms with van der Waals surface area (Å²) in [4.78, 5) is 2.45. The summed E-state index contributed by atoms with van der Waals surface area (Å²) in [5.74, 6) is 0. The maximum absolute atomic E-state index is 2.45. The van der Waals surface area contributed by atoms with Crippen LogP contribution in [0.4, 0.5) is 17.1 Å². The van der Waals surface area contributed by atoms with Crippen LogP contribution >= 0.6 is 0 Å². The lowest BCUT2D eigenvalue weighted by molar-refractivity contribution is 1.18. The molecule has 1 aliphatic carbocycles. The number of para-hydroxylation sites is 1. The van der Waals surface area contributed by atoms with E-state index < -0.39 is 0 Å². The maximum Gasteiger partial charge on any atom is 0.0547 e. The van der Waals surface area contributed by atoms with E-state index in [1.54, 1.807) is 0 Å².